The van der Waals surface area contributed by atoms with E-state index >= 15 is 0 Å². The first-order chi connectivity index (χ1) is 5.20. The zero-order valence-corrected chi connectivity index (χ0v) is 6.63. The van der Waals surface area contributed by atoms with E-state index in [1.807, 2.05) is 0 Å². The number of rotatable bonds is 1. The van der Waals surface area contributed by atoms with Crippen LogP contribution in [0.1, 0.15) is 13.3 Å². The van der Waals surface area contributed by atoms with Gasteiger partial charge in [-0.3, -0.25) is 0 Å². The number of amides is 1. The molecule has 4 nitrogen and oxygen atoms in total. The molecule has 1 rings (SSSR count). The van der Waals surface area contributed by atoms with Gasteiger partial charge in [-0.15, -0.1) is 0 Å². The molecule has 0 saturated carbocycles. The fourth-order valence-electron chi connectivity index (χ4n) is 1.34. The van der Waals surface area contributed by atoms with Crippen LogP contribution in [0.4, 0.5) is 4.79 Å². The van der Waals surface area contributed by atoms with Crippen LogP contribution in [0, 0.1) is 5.92 Å². The zero-order chi connectivity index (χ0) is 8.27. The van der Waals surface area contributed by atoms with Crippen LogP contribution in [-0.2, 0) is 0 Å². The predicted molar refractivity (Wildman–Crippen MR) is 41.6 cm³/mol. The minimum absolute atomic E-state index is 0.0845. The molecule has 0 aromatic carbocycles. The highest BCUT2D eigenvalue weighted by molar-refractivity contribution is 5.64. The smallest absolute Gasteiger partial charge is 0.404 e. The molecular weight excluding hydrogens is 144 g/mol. The molecule has 0 aromatic heterocycles. The van der Waals surface area contributed by atoms with Gasteiger partial charge in [0, 0.05) is 12.6 Å². The highest BCUT2D eigenvalue weighted by Crippen LogP contribution is 2.10. The van der Waals surface area contributed by atoms with Crippen LogP contribution < -0.4 is 10.6 Å². The summed E-state index contributed by atoms with van der Waals surface area (Å²) in [6, 6.07) is 0.0845. The van der Waals surface area contributed by atoms with Gasteiger partial charge in [-0.25, -0.2) is 4.79 Å². The molecule has 0 aromatic rings. The Balaban J connectivity index is 2.35. The van der Waals surface area contributed by atoms with Crippen molar-refractivity contribution >= 4 is 6.09 Å². The first-order valence-electron chi connectivity index (χ1n) is 3.90. The van der Waals surface area contributed by atoms with Gasteiger partial charge in [0.2, 0.25) is 0 Å². The lowest BCUT2D eigenvalue weighted by Gasteiger charge is -2.28. The molecular formula is C7H14N2O2. The first kappa shape index (κ1) is 8.33. The third kappa shape index (κ3) is 2.38. The second-order valence-corrected chi connectivity index (χ2v) is 3.03. The van der Waals surface area contributed by atoms with Gasteiger partial charge < -0.3 is 15.7 Å². The van der Waals surface area contributed by atoms with Crippen LogP contribution in [0.15, 0.2) is 0 Å². The fraction of sp³-hybridized carbons (Fsp3) is 0.857. The van der Waals surface area contributed by atoms with Gasteiger partial charge >= 0.3 is 6.09 Å². The van der Waals surface area contributed by atoms with Crippen molar-refractivity contribution in [2.24, 2.45) is 5.92 Å². The minimum atomic E-state index is -0.925. The Morgan fingerprint density at radius 3 is 3.00 bits per heavy atom. The van der Waals surface area contributed by atoms with Crippen molar-refractivity contribution in [3.63, 3.8) is 0 Å². The Hall–Kier alpha value is -0.770. The van der Waals surface area contributed by atoms with Gasteiger partial charge in [0.1, 0.15) is 0 Å². The highest BCUT2D eigenvalue weighted by atomic mass is 16.4. The second kappa shape index (κ2) is 3.57. The summed E-state index contributed by atoms with van der Waals surface area (Å²) in [5, 5.41) is 14.1. The molecule has 1 amide bonds. The quantitative estimate of drug-likeness (QED) is 0.512. The molecule has 1 saturated heterocycles. The number of nitrogens with one attached hydrogen (secondary N) is 2. The third-order valence-electron chi connectivity index (χ3n) is 2.14. The van der Waals surface area contributed by atoms with E-state index in [0.717, 1.165) is 19.5 Å². The number of piperidine rings is 1. The molecule has 0 bridgehead atoms. The lowest BCUT2D eigenvalue weighted by atomic mass is 9.95. The van der Waals surface area contributed by atoms with E-state index in [0.29, 0.717) is 5.92 Å². The summed E-state index contributed by atoms with van der Waals surface area (Å²) in [5.41, 5.74) is 0. The van der Waals surface area contributed by atoms with Crippen LogP contribution in [0.5, 0.6) is 0 Å². The van der Waals surface area contributed by atoms with Crippen molar-refractivity contribution < 1.29 is 9.90 Å². The predicted octanol–water partition coefficient (Wildman–Crippen LogP) is 0.252. The average molecular weight is 158 g/mol. The van der Waals surface area contributed by atoms with Gasteiger partial charge in [0.05, 0.1) is 0 Å². The molecule has 0 spiro atoms. The number of hydrogen-bond acceptors (Lipinski definition) is 2. The molecule has 3 N–H and O–H groups in total. The zero-order valence-electron chi connectivity index (χ0n) is 6.63. The first-order valence-corrected chi connectivity index (χ1v) is 3.90. The van der Waals surface area contributed by atoms with Crippen LogP contribution in [0.2, 0.25) is 0 Å². The van der Waals surface area contributed by atoms with Gasteiger partial charge in [-0.2, -0.15) is 0 Å². The van der Waals surface area contributed by atoms with Gasteiger partial charge in [0.15, 0.2) is 0 Å². The lowest BCUT2D eigenvalue weighted by molar-refractivity contribution is 0.180. The molecule has 4 heteroatoms. The van der Waals surface area contributed by atoms with Crippen molar-refractivity contribution in [2.75, 3.05) is 13.1 Å². The van der Waals surface area contributed by atoms with Crippen molar-refractivity contribution in [1.82, 2.24) is 10.6 Å². The Morgan fingerprint density at radius 1 is 1.73 bits per heavy atom. The third-order valence-corrected chi connectivity index (χ3v) is 2.14. The minimum Gasteiger partial charge on any atom is -0.465 e. The highest BCUT2D eigenvalue weighted by Gasteiger charge is 2.21. The summed E-state index contributed by atoms with van der Waals surface area (Å²) in [5.74, 6) is 0.451. The second-order valence-electron chi connectivity index (χ2n) is 3.03. The van der Waals surface area contributed by atoms with E-state index in [1.54, 1.807) is 0 Å². The van der Waals surface area contributed by atoms with E-state index in [4.69, 9.17) is 5.11 Å². The topological polar surface area (TPSA) is 61.4 Å². The van der Waals surface area contributed by atoms with Crippen LogP contribution in [0.3, 0.4) is 0 Å². The summed E-state index contributed by atoms with van der Waals surface area (Å²) in [7, 11) is 0. The Bertz CT molecular complexity index is 149. The van der Waals surface area contributed by atoms with Crippen molar-refractivity contribution in [1.29, 1.82) is 0 Å². The van der Waals surface area contributed by atoms with Crippen molar-refractivity contribution in [3.8, 4) is 0 Å². The molecule has 1 aliphatic rings. The van der Waals surface area contributed by atoms with Gasteiger partial charge in [0.25, 0.3) is 0 Å². The molecule has 64 valence electrons. The van der Waals surface area contributed by atoms with Gasteiger partial charge in [-0.1, -0.05) is 6.92 Å². The van der Waals surface area contributed by atoms with Crippen LogP contribution in [-0.4, -0.2) is 30.3 Å². The fourth-order valence-corrected chi connectivity index (χ4v) is 1.34. The maximum Gasteiger partial charge on any atom is 0.404 e. The summed E-state index contributed by atoms with van der Waals surface area (Å²) >= 11 is 0. The number of hydrogen-bond donors (Lipinski definition) is 3. The average Bonchev–Trinajstić information content (AvgIpc) is 1.93. The van der Waals surface area contributed by atoms with Gasteiger partial charge in [-0.05, 0) is 18.9 Å². The van der Waals surface area contributed by atoms with Crippen molar-refractivity contribution in [3.05, 3.63) is 0 Å². The molecule has 2 atom stereocenters. The van der Waals surface area contributed by atoms with E-state index in [9.17, 15) is 4.79 Å². The summed E-state index contributed by atoms with van der Waals surface area (Å²) in [6.45, 7) is 3.83. The van der Waals surface area contributed by atoms with E-state index in [-0.39, 0.29) is 6.04 Å². The van der Waals surface area contributed by atoms with E-state index in [2.05, 4.69) is 17.6 Å². The van der Waals surface area contributed by atoms with Crippen LogP contribution in [0.25, 0.3) is 0 Å². The maximum absolute atomic E-state index is 10.3. The van der Waals surface area contributed by atoms with E-state index in [1.165, 1.54) is 0 Å². The van der Waals surface area contributed by atoms with E-state index < -0.39 is 6.09 Å². The normalized spacial score (nSPS) is 31.4. The Morgan fingerprint density at radius 2 is 2.45 bits per heavy atom. The summed E-state index contributed by atoms with van der Waals surface area (Å²) in [4.78, 5) is 10.3. The van der Waals surface area contributed by atoms with Crippen molar-refractivity contribution in [2.45, 2.75) is 19.4 Å². The molecule has 1 heterocycles. The molecule has 1 aliphatic heterocycles. The molecule has 0 radical (unpaired) electrons. The largest absolute Gasteiger partial charge is 0.465 e. The molecule has 1 fully saturated rings. The summed E-state index contributed by atoms with van der Waals surface area (Å²) in [6.07, 6.45) is 0.121. The molecule has 11 heavy (non-hydrogen) atoms. The Kier molecular flexibility index (Phi) is 2.70. The maximum atomic E-state index is 10.3. The number of carboxylic acid groups (broad SMARTS) is 1. The molecule has 0 unspecified atom stereocenters. The van der Waals surface area contributed by atoms with Crippen LogP contribution >= 0.6 is 0 Å². The standard InChI is InChI=1S/C7H14N2O2/c1-5-2-3-8-4-6(5)9-7(10)11/h5-6,8-9H,2-4H2,1H3,(H,10,11)/t5-,6-/m1/s1. The Labute approximate surface area is 66.0 Å². The molecule has 0 aliphatic carbocycles. The summed E-state index contributed by atoms with van der Waals surface area (Å²) < 4.78 is 0. The lowest BCUT2D eigenvalue weighted by Crippen LogP contribution is -2.49. The number of carbonyl (C=O) groups is 1. The SMILES string of the molecule is C[C@@H]1CCNC[C@H]1NC(=O)O. The monoisotopic (exact) mass is 158 g/mol.